The van der Waals surface area contributed by atoms with E-state index < -0.39 is 23.4 Å². The van der Waals surface area contributed by atoms with E-state index in [4.69, 9.17) is 4.74 Å². The predicted molar refractivity (Wildman–Crippen MR) is 68.4 cm³/mol. The number of esters is 1. The maximum absolute atomic E-state index is 11.4. The zero-order valence-corrected chi connectivity index (χ0v) is 11.0. The molecule has 0 heterocycles. The molecule has 8 nitrogen and oxygen atoms in total. The molecule has 0 spiro atoms. The number of carbonyl (C=O) groups excluding carboxylic acids is 2. The van der Waals surface area contributed by atoms with E-state index in [1.54, 1.807) is 13.0 Å². The minimum absolute atomic E-state index is 0.00572. The maximum atomic E-state index is 11.4. The van der Waals surface area contributed by atoms with Crippen molar-refractivity contribution < 1.29 is 24.0 Å². The highest BCUT2D eigenvalue weighted by Gasteiger charge is 2.16. The van der Waals surface area contributed by atoms with E-state index in [9.17, 15) is 19.7 Å². The molecule has 1 aromatic rings. The van der Waals surface area contributed by atoms with Crippen LogP contribution in [0.15, 0.2) is 18.2 Å². The molecule has 0 saturated carbocycles. The average Bonchev–Trinajstić information content (AvgIpc) is 2.43. The first-order valence-corrected chi connectivity index (χ1v) is 5.65. The molecule has 0 atom stereocenters. The van der Waals surface area contributed by atoms with E-state index in [0.29, 0.717) is 5.56 Å². The quantitative estimate of drug-likeness (QED) is 0.464. The Hall–Kier alpha value is -2.64. The molecular formula is C12H14N2O6. The van der Waals surface area contributed by atoms with Crippen LogP contribution in [0.2, 0.25) is 0 Å². The second kappa shape index (κ2) is 7.07. The number of rotatable bonds is 6. The van der Waals surface area contributed by atoms with Crippen molar-refractivity contribution in [3.05, 3.63) is 33.9 Å². The fourth-order valence-electron chi connectivity index (χ4n) is 1.33. The maximum Gasteiger partial charge on any atom is 0.325 e. The average molecular weight is 282 g/mol. The molecule has 0 aliphatic heterocycles. The van der Waals surface area contributed by atoms with E-state index in [1.165, 1.54) is 19.2 Å². The fraction of sp³-hybridized carbons (Fsp3) is 0.333. The van der Waals surface area contributed by atoms with Crippen molar-refractivity contribution in [1.82, 2.24) is 5.32 Å². The second-order valence-corrected chi connectivity index (χ2v) is 3.87. The van der Waals surface area contributed by atoms with Crippen LogP contribution in [0.4, 0.5) is 5.69 Å². The lowest BCUT2D eigenvalue weighted by atomic mass is 10.2. The number of hydrogen-bond acceptors (Lipinski definition) is 6. The van der Waals surface area contributed by atoms with Crippen LogP contribution in [-0.4, -0.2) is 37.1 Å². The summed E-state index contributed by atoms with van der Waals surface area (Å²) in [5.41, 5.74) is 0.491. The number of nitrogens with one attached hydrogen (secondary N) is 1. The van der Waals surface area contributed by atoms with Crippen molar-refractivity contribution in [2.24, 2.45) is 0 Å². The molecule has 0 radical (unpaired) electrons. The zero-order valence-electron chi connectivity index (χ0n) is 11.0. The van der Waals surface area contributed by atoms with Crippen LogP contribution in [0.5, 0.6) is 5.75 Å². The minimum atomic E-state index is -0.598. The Balaban J connectivity index is 2.59. The van der Waals surface area contributed by atoms with Crippen LogP contribution in [0.25, 0.3) is 0 Å². The second-order valence-electron chi connectivity index (χ2n) is 3.87. The topological polar surface area (TPSA) is 108 Å². The minimum Gasteiger partial charge on any atom is -0.477 e. The summed E-state index contributed by atoms with van der Waals surface area (Å²) in [6.07, 6.45) is 0. The number of ether oxygens (including phenoxy) is 2. The van der Waals surface area contributed by atoms with Gasteiger partial charge in [-0.2, -0.15) is 0 Å². The molecule has 0 bridgehead atoms. The van der Waals surface area contributed by atoms with Crippen LogP contribution in [0.1, 0.15) is 5.56 Å². The summed E-state index contributed by atoms with van der Waals surface area (Å²) in [6.45, 7) is 0.995. The number of benzene rings is 1. The Morgan fingerprint density at radius 2 is 2.10 bits per heavy atom. The van der Waals surface area contributed by atoms with Gasteiger partial charge in [0.05, 0.1) is 12.0 Å². The van der Waals surface area contributed by atoms with Crippen LogP contribution < -0.4 is 10.1 Å². The Bertz CT molecular complexity index is 529. The lowest BCUT2D eigenvalue weighted by molar-refractivity contribution is -0.385. The molecule has 0 aliphatic rings. The molecule has 1 rings (SSSR count). The monoisotopic (exact) mass is 282 g/mol. The first kappa shape index (κ1) is 15.4. The molecule has 1 aromatic carbocycles. The Kier molecular flexibility index (Phi) is 5.45. The number of nitro groups is 1. The van der Waals surface area contributed by atoms with E-state index in [2.05, 4.69) is 10.1 Å². The van der Waals surface area contributed by atoms with Gasteiger partial charge in [0, 0.05) is 6.07 Å². The van der Waals surface area contributed by atoms with Gasteiger partial charge in [0.25, 0.3) is 5.91 Å². The van der Waals surface area contributed by atoms with Gasteiger partial charge in [-0.3, -0.25) is 19.7 Å². The number of nitro benzene ring substituents is 1. The van der Waals surface area contributed by atoms with E-state index in [-0.39, 0.29) is 18.0 Å². The first-order valence-electron chi connectivity index (χ1n) is 5.65. The first-order chi connectivity index (χ1) is 9.43. The number of carbonyl (C=O) groups is 2. The van der Waals surface area contributed by atoms with Gasteiger partial charge in [-0.05, 0) is 18.6 Å². The van der Waals surface area contributed by atoms with Crippen molar-refractivity contribution in [2.45, 2.75) is 6.92 Å². The van der Waals surface area contributed by atoms with Gasteiger partial charge in [0.15, 0.2) is 12.4 Å². The van der Waals surface area contributed by atoms with Crippen molar-refractivity contribution in [3.8, 4) is 5.75 Å². The molecular weight excluding hydrogens is 268 g/mol. The van der Waals surface area contributed by atoms with Crippen LogP contribution >= 0.6 is 0 Å². The van der Waals surface area contributed by atoms with Crippen molar-refractivity contribution in [1.29, 1.82) is 0 Å². The van der Waals surface area contributed by atoms with Gasteiger partial charge in [0.2, 0.25) is 0 Å². The lowest BCUT2D eigenvalue weighted by Crippen LogP contribution is -2.33. The van der Waals surface area contributed by atoms with Crippen molar-refractivity contribution >= 4 is 17.6 Å². The van der Waals surface area contributed by atoms with Gasteiger partial charge < -0.3 is 14.8 Å². The van der Waals surface area contributed by atoms with Crippen molar-refractivity contribution in [2.75, 3.05) is 20.3 Å². The van der Waals surface area contributed by atoms with Gasteiger partial charge in [-0.25, -0.2) is 0 Å². The molecule has 0 aromatic heterocycles. The van der Waals surface area contributed by atoms with Crippen LogP contribution in [0.3, 0.4) is 0 Å². The third kappa shape index (κ3) is 4.56. The molecule has 1 N–H and O–H groups in total. The number of methoxy groups -OCH3 is 1. The Morgan fingerprint density at radius 3 is 2.70 bits per heavy atom. The molecule has 8 heteroatoms. The predicted octanol–water partition coefficient (Wildman–Crippen LogP) is 0.571. The zero-order chi connectivity index (χ0) is 15.1. The molecule has 0 aliphatic carbocycles. The number of aryl methyl sites for hydroxylation is 1. The smallest absolute Gasteiger partial charge is 0.325 e. The molecule has 0 unspecified atom stereocenters. The molecule has 1 amide bonds. The third-order valence-corrected chi connectivity index (χ3v) is 2.33. The summed E-state index contributed by atoms with van der Waals surface area (Å²) in [5, 5.41) is 13.1. The summed E-state index contributed by atoms with van der Waals surface area (Å²) in [5.74, 6) is -1.18. The summed E-state index contributed by atoms with van der Waals surface area (Å²) in [6, 6.07) is 4.40. The normalized spacial score (nSPS) is 9.70. The molecule has 108 valence electrons. The molecule has 0 fully saturated rings. The third-order valence-electron chi connectivity index (χ3n) is 2.33. The van der Waals surface area contributed by atoms with E-state index in [1.807, 2.05) is 0 Å². The summed E-state index contributed by atoms with van der Waals surface area (Å²) in [7, 11) is 1.20. The van der Waals surface area contributed by atoms with Gasteiger partial charge in [-0.15, -0.1) is 0 Å². The van der Waals surface area contributed by atoms with E-state index in [0.717, 1.165) is 0 Å². The van der Waals surface area contributed by atoms with Crippen LogP contribution in [-0.2, 0) is 14.3 Å². The highest BCUT2D eigenvalue weighted by molar-refractivity contribution is 5.82. The SMILES string of the molecule is COC(=O)CNC(=O)COc1ccc(C)cc1[N+](=O)[O-]. The molecule has 20 heavy (non-hydrogen) atoms. The number of nitrogens with zero attached hydrogens (tertiary/aromatic N) is 1. The van der Waals surface area contributed by atoms with Gasteiger partial charge >= 0.3 is 11.7 Å². The Labute approximate surface area is 114 Å². The standard InChI is InChI=1S/C12H14N2O6/c1-8-3-4-10(9(5-8)14(17)18)20-7-11(15)13-6-12(16)19-2/h3-5H,6-7H2,1-2H3,(H,13,15). The lowest BCUT2D eigenvalue weighted by Gasteiger charge is -2.07. The highest BCUT2D eigenvalue weighted by atomic mass is 16.6. The number of amides is 1. The Morgan fingerprint density at radius 1 is 1.40 bits per heavy atom. The van der Waals surface area contributed by atoms with Crippen LogP contribution in [0, 0.1) is 17.0 Å². The van der Waals surface area contributed by atoms with Crippen molar-refractivity contribution in [3.63, 3.8) is 0 Å². The fourth-order valence-corrected chi connectivity index (χ4v) is 1.33. The highest BCUT2D eigenvalue weighted by Crippen LogP contribution is 2.27. The summed E-state index contributed by atoms with van der Waals surface area (Å²) < 4.78 is 9.42. The summed E-state index contributed by atoms with van der Waals surface area (Å²) in [4.78, 5) is 32.4. The van der Waals surface area contributed by atoms with Gasteiger partial charge in [0.1, 0.15) is 6.54 Å². The number of hydrogen-bond donors (Lipinski definition) is 1. The van der Waals surface area contributed by atoms with Gasteiger partial charge in [-0.1, -0.05) is 6.07 Å². The molecule has 0 saturated heterocycles. The summed E-state index contributed by atoms with van der Waals surface area (Å²) >= 11 is 0. The largest absolute Gasteiger partial charge is 0.477 e. The van der Waals surface area contributed by atoms with E-state index >= 15 is 0 Å².